The quantitative estimate of drug-likeness (QED) is 0.588. The van der Waals surface area contributed by atoms with E-state index in [0.29, 0.717) is 24.6 Å². The number of rotatable bonds is 7. The number of nitrogens with two attached hydrogens (primary N) is 1. The minimum absolute atomic E-state index is 0.147. The van der Waals surface area contributed by atoms with Crippen molar-refractivity contribution in [2.45, 2.75) is 20.3 Å². The molecule has 0 unspecified atom stereocenters. The second-order valence-corrected chi connectivity index (χ2v) is 4.81. The van der Waals surface area contributed by atoms with E-state index >= 15 is 0 Å². The molecule has 19 heavy (non-hydrogen) atoms. The first-order valence-corrected chi connectivity index (χ1v) is 6.41. The summed E-state index contributed by atoms with van der Waals surface area (Å²) >= 11 is 0. The van der Waals surface area contributed by atoms with Crippen LogP contribution in [0, 0.1) is 11.7 Å². The second kappa shape index (κ2) is 7.74. The van der Waals surface area contributed by atoms with Crippen LogP contribution in [0.2, 0.25) is 0 Å². The van der Waals surface area contributed by atoms with Crippen LogP contribution in [-0.4, -0.2) is 25.7 Å². The highest BCUT2D eigenvalue weighted by Crippen LogP contribution is 2.12. The van der Waals surface area contributed by atoms with Gasteiger partial charge in [0.2, 0.25) is 0 Å². The summed E-state index contributed by atoms with van der Waals surface area (Å²) in [5.41, 5.74) is 6.02. The van der Waals surface area contributed by atoms with E-state index in [-0.39, 0.29) is 11.6 Å². The summed E-state index contributed by atoms with van der Waals surface area (Å²) in [7, 11) is 0. The van der Waals surface area contributed by atoms with Gasteiger partial charge < -0.3 is 15.8 Å². The number of nitrogen functional groups attached to an aromatic ring is 1. The highest BCUT2D eigenvalue weighted by atomic mass is 19.1. The molecule has 0 heterocycles. The third-order valence-corrected chi connectivity index (χ3v) is 2.46. The van der Waals surface area contributed by atoms with Crippen molar-refractivity contribution in [3.8, 4) is 0 Å². The summed E-state index contributed by atoms with van der Waals surface area (Å²) in [6.45, 7) is 6.00. The predicted octanol–water partition coefficient (Wildman–Crippen LogP) is 2.20. The fourth-order valence-corrected chi connectivity index (χ4v) is 1.53. The number of carbonyl (C=O) groups excluding carboxylic acids is 1. The zero-order valence-electron chi connectivity index (χ0n) is 11.4. The molecule has 0 saturated carbocycles. The molecule has 0 saturated heterocycles. The molecule has 0 aliphatic rings. The molecule has 0 aliphatic carbocycles. The van der Waals surface area contributed by atoms with Crippen molar-refractivity contribution >= 4 is 11.6 Å². The fraction of sp³-hybridized carbons (Fsp3) is 0.500. The van der Waals surface area contributed by atoms with Crippen LogP contribution in [0.1, 0.15) is 30.6 Å². The van der Waals surface area contributed by atoms with Crippen LogP contribution >= 0.6 is 0 Å². The molecule has 1 amide bonds. The monoisotopic (exact) mass is 268 g/mol. The largest absolute Gasteiger partial charge is 0.398 e. The van der Waals surface area contributed by atoms with Crippen LogP contribution in [0.3, 0.4) is 0 Å². The van der Waals surface area contributed by atoms with Gasteiger partial charge in [-0.15, -0.1) is 0 Å². The maximum Gasteiger partial charge on any atom is 0.253 e. The van der Waals surface area contributed by atoms with Crippen LogP contribution in [0.4, 0.5) is 10.1 Å². The molecular formula is C14H21FN2O2. The van der Waals surface area contributed by atoms with E-state index in [9.17, 15) is 9.18 Å². The molecule has 0 bridgehead atoms. The molecule has 0 radical (unpaired) electrons. The van der Waals surface area contributed by atoms with Gasteiger partial charge in [-0.3, -0.25) is 4.79 Å². The number of ether oxygens (including phenoxy) is 1. The lowest BCUT2D eigenvalue weighted by Gasteiger charge is -2.09. The summed E-state index contributed by atoms with van der Waals surface area (Å²) < 4.78 is 18.2. The lowest BCUT2D eigenvalue weighted by atomic mass is 10.1. The molecule has 1 aromatic rings. The Morgan fingerprint density at radius 3 is 2.84 bits per heavy atom. The molecular weight excluding hydrogens is 247 g/mol. The Morgan fingerprint density at radius 2 is 2.21 bits per heavy atom. The fourth-order valence-electron chi connectivity index (χ4n) is 1.53. The molecule has 0 atom stereocenters. The van der Waals surface area contributed by atoms with E-state index < -0.39 is 5.82 Å². The number of nitrogens with one attached hydrogen (secondary N) is 1. The van der Waals surface area contributed by atoms with Crippen molar-refractivity contribution in [3.63, 3.8) is 0 Å². The average molecular weight is 268 g/mol. The van der Waals surface area contributed by atoms with Gasteiger partial charge in [-0.25, -0.2) is 4.39 Å². The first-order valence-electron chi connectivity index (χ1n) is 6.41. The number of benzene rings is 1. The lowest BCUT2D eigenvalue weighted by molar-refractivity contribution is 0.0925. The van der Waals surface area contributed by atoms with Crippen molar-refractivity contribution in [1.82, 2.24) is 5.32 Å². The van der Waals surface area contributed by atoms with Gasteiger partial charge in [-0.2, -0.15) is 0 Å². The predicted molar refractivity (Wildman–Crippen MR) is 73.4 cm³/mol. The molecule has 0 aromatic heterocycles. The van der Waals surface area contributed by atoms with Gasteiger partial charge in [0.15, 0.2) is 0 Å². The van der Waals surface area contributed by atoms with Gasteiger partial charge in [0, 0.05) is 25.4 Å². The first kappa shape index (κ1) is 15.4. The maximum absolute atomic E-state index is 12.8. The first-order chi connectivity index (χ1) is 9.00. The van der Waals surface area contributed by atoms with Gasteiger partial charge in [-0.05, 0) is 30.5 Å². The zero-order valence-corrected chi connectivity index (χ0v) is 11.4. The van der Waals surface area contributed by atoms with E-state index in [1.54, 1.807) is 0 Å². The van der Waals surface area contributed by atoms with E-state index in [2.05, 4.69) is 19.2 Å². The molecule has 4 nitrogen and oxygen atoms in total. The van der Waals surface area contributed by atoms with Gasteiger partial charge in [0.1, 0.15) is 5.82 Å². The molecule has 0 spiro atoms. The Balaban J connectivity index is 2.28. The van der Waals surface area contributed by atoms with E-state index in [1.807, 2.05) is 0 Å². The molecule has 5 heteroatoms. The second-order valence-electron chi connectivity index (χ2n) is 4.81. The molecule has 106 valence electrons. The van der Waals surface area contributed by atoms with Crippen LogP contribution in [0.5, 0.6) is 0 Å². The van der Waals surface area contributed by atoms with Crippen molar-refractivity contribution in [2.75, 3.05) is 25.5 Å². The topological polar surface area (TPSA) is 64.3 Å². The Labute approximate surface area is 113 Å². The standard InChI is InChI=1S/C14H21FN2O2/c1-10(2)9-19-7-3-6-17-14(18)12-5-4-11(15)8-13(12)16/h4-5,8,10H,3,6-7,9,16H2,1-2H3,(H,17,18). The average Bonchev–Trinajstić information content (AvgIpc) is 2.32. The minimum Gasteiger partial charge on any atom is -0.398 e. The number of carbonyl (C=O) groups is 1. The van der Waals surface area contributed by atoms with Gasteiger partial charge in [-0.1, -0.05) is 13.8 Å². The summed E-state index contributed by atoms with van der Waals surface area (Å²) in [5, 5.41) is 2.73. The van der Waals surface area contributed by atoms with E-state index in [0.717, 1.165) is 19.1 Å². The van der Waals surface area contributed by atoms with Crippen molar-refractivity contribution in [3.05, 3.63) is 29.6 Å². The van der Waals surface area contributed by atoms with Crippen LogP contribution in [0.25, 0.3) is 0 Å². The summed E-state index contributed by atoms with van der Waals surface area (Å²) in [5.74, 6) is -0.230. The van der Waals surface area contributed by atoms with Crippen LogP contribution < -0.4 is 11.1 Å². The van der Waals surface area contributed by atoms with Crippen LogP contribution in [-0.2, 0) is 4.74 Å². The third-order valence-electron chi connectivity index (χ3n) is 2.46. The lowest BCUT2D eigenvalue weighted by Crippen LogP contribution is -2.26. The highest BCUT2D eigenvalue weighted by molar-refractivity contribution is 5.99. The van der Waals surface area contributed by atoms with Crippen molar-refractivity contribution < 1.29 is 13.9 Å². The number of anilines is 1. The van der Waals surface area contributed by atoms with Crippen molar-refractivity contribution in [2.24, 2.45) is 5.92 Å². The maximum atomic E-state index is 12.8. The summed E-state index contributed by atoms with van der Waals surface area (Å²) in [4.78, 5) is 11.8. The number of halogens is 1. The Hall–Kier alpha value is -1.62. The SMILES string of the molecule is CC(C)COCCCNC(=O)c1ccc(F)cc1N. The highest BCUT2D eigenvalue weighted by Gasteiger charge is 2.09. The number of hydrogen-bond acceptors (Lipinski definition) is 3. The van der Waals surface area contributed by atoms with E-state index in [1.165, 1.54) is 12.1 Å². The molecule has 3 N–H and O–H groups in total. The van der Waals surface area contributed by atoms with Gasteiger partial charge >= 0.3 is 0 Å². The number of hydrogen-bond donors (Lipinski definition) is 2. The van der Waals surface area contributed by atoms with E-state index in [4.69, 9.17) is 10.5 Å². The Kier molecular flexibility index (Phi) is 6.29. The third kappa shape index (κ3) is 5.70. The normalized spacial score (nSPS) is 10.7. The van der Waals surface area contributed by atoms with Gasteiger partial charge in [0.25, 0.3) is 5.91 Å². The minimum atomic E-state index is -0.448. The zero-order chi connectivity index (χ0) is 14.3. The summed E-state index contributed by atoms with van der Waals surface area (Å²) in [6.07, 6.45) is 0.736. The summed E-state index contributed by atoms with van der Waals surface area (Å²) in [6, 6.07) is 3.74. The van der Waals surface area contributed by atoms with Crippen LogP contribution in [0.15, 0.2) is 18.2 Å². The molecule has 0 aliphatic heterocycles. The van der Waals surface area contributed by atoms with Crippen molar-refractivity contribution in [1.29, 1.82) is 0 Å². The Bertz CT molecular complexity index is 422. The molecule has 1 rings (SSSR count). The smallest absolute Gasteiger partial charge is 0.253 e. The molecule has 1 aromatic carbocycles. The number of amides is 1. The van der Waals surface area contributed by atoms with Gasteiger partial charge in [0.05, 0.1) is 5.56 Å². The Morgan fingerprint density at radius 1 is 1.47 bits per heavy atom. The molecule has 0 fully saturated rings.